The molecule has 3 N–H and O–H groups in total. The molecule has 2 aromatic heterocycles. The Kier molecular flexibility index (Phi) is 4.90. The summed E-state index contributed by atoms with van der Waals surface area (Å²) in [5.41, 5.74) is 2.86. The smallest absolute Gasteiger partial charge is 0.131 e. The van der Waals surface area contributed by atoms with E-state index in [9.17, 15) is 0 Å². The van der Waals surface area contributed by atoms with E-state index >= 15 is 0 Å². The van der Waals surface area contributed by atoms with Gasteiger partial charge >= 0.3 is 0 Å². The number of halogens is 1. The predicted molar refractivity (Wildman–Crippen MR) is 93.9 cm³/mol. The molecule has 23 heavy (non-hydrogen) atoms. The van der Waals surface area contributed by atoms with Crippen molar-refractivity contribution < 1.29 is 5.11 Å². The molecule has 0 amide bonds. The van der Waals surface area contributed by atoms with Crippen molar-refractivity contribution >= 4 is 34.0 Å². The zero-order chi connectivity index (χ0) is 16.1. The summed E-state index contributed by atoms with van der Waals surface area (Å²) in [7, 11) is 0. The SMILES string of the molecule is OCCNc1cc(NCc2ccccc2)c2cnc(Cl)cc2n1. The van der Waals surface area contributed by atoms with E-state index < -0.39 is 0 Å². The molecular formula is C17H17ClN4O. The average molecular weight is 329 g/mol. The van der Waals surface area contributed by atoms with E-state index in [0.717, 1.165) is 16.6 Å². The quantitative estimate of drug-likeness (QED) is 0.606. The Balaban J connectivity index is 1.92. The summed E-state index contributed by atoms with van der Waals surface area (Å²) in [4.78, 5) is 8.64. The van der Waals surface area contributed by atoms with Gasteiger partial charge in [-0.15, -0.1) is 0 Å². The lowest BCUT2D eigenvalue weighted by Crippen LogP contribution is -2.08. The van der Waals surface area contributed by atoms with Crippen molar-refractivity contribution in [2.45, 2.75) is 6.54 Å². The molecule has 0 bridgehead atoms. The van der Waals surface area contributed by atoms with Gasteiger partial charge in [0.2, 0.25) is 0 Å². The fourth-order valence-corrected chi connectivity index (χ4v) is 2.46. The van der Waals surface area contributed by atoms with Crippen molar-refractivity contribution in [1.29, 1.82) is 0 Å². The van der Waals surface area contributed by atoms with Gasteiger partial charge in [-0.25, -0.2) is 9.97 Å². The number of aliphatic hydroxyl groups excluding tert-OH is 1. The molecule has 0 aliphatic carbocycles. The minimum Gasteiger partial charge on any atom is -0.395 e. The Morgan fingerprint density at radius 1 is 1.09 bits per heavy atom. The summed E-state index contributed by atoms with van der Waals surface area (Å²) in [6.45, 7) is 1.18. The van der Waals surface area contributed by atoms with Crippen LogP contribution >= 0.6 is 11.6 Å². The number of fused-ring (bicyclic) bond motifs is 1. The average Bonchev–Trinajstić information content (AvgIpc) is 2.58. The summed E-state index contributed by atoms with van der Waals surface area (Å²) in [6.07, 6.45) is 1.72. The van der Waals surface area contributed by atoms with Crippen LogP contribution in [0.2, 0.25) is 5.15 Å². The first-order valence-corrected chi connectivity index (χ1v) is 7.73. The van der Waals surface area contributed by atoms with Gasteiger partial charge in [0.25, 0.3) is 0 Å². The highest BCUT2D eigenvalue weighted by Gasteiger charge is 2.07. The van der Waals surface area contributed by atoms with Gasteiger partial charge in [-0.1, -0.05) is 41.9 Å². The van der Waals surface area contributed by atoms with E-state index in [0.29, 0.717) is 24.1 Å². The van der Waals surface area contributed by atoms with E-state index in [1.54, 1.807) is 12.3 Å². The summed E-state index contributed by atoms with van der Waals surface area (Å²) >= 11 is 5.97. The number of hydrogen-bond acceptors (Lipinski definition) is 5. The molecule has 0 unspecified atom stereocenters. The predicted octanol–water partition coefficient (Wildman–Crippen LogP) is 3.30. The van der Waals surface area contributed by atoms with E-state index in [4.69, 9.17) is 16.7 Å². The number of aromatic nitrogens is 2. The maximum atomic E-state index is 8.97. The van der Waals surface area contributed by atoms with Crippen LogP contribution in [-0.2, 0) is 6.54 Å². The molecule has 0 atom stereocenters. The Morgan fingerprint density at radius 2 is 1.91 bits per heavy atom. The van der Waals surface area contributed by atoms with Crippen molar-refractivity contribution in [2.75, 3.05) is 23.8 Å². The zero-order valence-corrected chi connectivity index (χ0v) is 13.2. The van der Waals surface area contributed by atoms with Crippen LogP contribution in [-0.4, -0.2) is 28.2 Å². The van der Waals surface area contributed by atoms with Crippen LogP contribution < -0.4 is 10.6 Å². The normalized spacial score (nSPS) is 10.7. The van der Waals surface area contributed by atoms with Gasteiger partial charge in [0, 0.05) is 42.5 Å². The van der Waals surface area contributed by atoms with Crippen LogP contribution in [0, 0.1) is 0 Å². The fourth-order valence-electron chi connectivity index (χ4n) is 2.31. The number of nitrogens with one attached hydrogen (secondary N) is 2. The standard InChI is InChI=1S/C17H17ClN4O/c18-16-8-15-13(11-21-16)14(9-17(22-15)19-6-7-23)20-10-12-4-2-1-3-5-12/h1-5,8-9,11,23H,6-7,10H2,(H2,19,20,22). The van der Waals surface area contributed by atoms with Crippen LogP contribution in [0.4, 0.5) is 11.5 Å². The highest BCUT2D eigenvalue weighted by molar-refractivity contribution is 6.30. The van der Waals surface area contributed by atoms with Gasteiger partial charge in [0.15, 0.2) is 0 Å². The topological polar surface area (TPSA) is 70.1 Å². The molecule has 0 fully saturated rings. The van der Waals surface area contributed by atoms with Gasteiger partial charge in [0.1, 0.15) is 11.0 Å². The Labute approximate surface area is 139 Å². The minimum absolute atomic E-state index is 0.0452. The number of nitrogens with zero attached hydrogens (tertiary/aromatic N) is 2. The van der Waals surface area contributed by atoms with Crippen LogP contribution in [0.25, 0.3) is 10.9 Å². The zero-order valence-electron chi connectivity index (χ0n) is 12.5. The molecular weight excluding hydrogens is 312 g/mol. The summed E-state index contributed by atoms with van der Waals surface area (Å²) in [5.74, 6) is 0.685. The molecule has 5 nitrogen and oxygen atoms in total. The molecule has 118 valence electrons. The van der Waals surface area contributed by atoms with Crippen molar-refractivity contribution in [3.63, 3.8) is 0 Å². The van der Waals surface area contributed by atoms with Gasteiger partial charge in [0.05, 0.1) is 12.1 Å². The molecule has 3 rings (SSSR count). The van der Waals surface area contributed by atoms with Gasteiger partial charge in [-0.2, -0.15) is 0 Å². The lowest BCUT2D eigenvalue weighted by atomic mass is 10.2. The molecule has 3 aromatic rings. The summed E-state index contributed by atoms with van der Waals surface area (Å²) < 4.78 is 0. The minimum atomic E-state index is 0.0452. The lowest BCUT2D eigenvalue weighted by Gasteiger charge is -2.13. The number of rotatable bonds is 6. The van der Waals surface area contributed by atoms with Crippen LogP contribution in [0.15, 0.2) is 48.7 Å². The second-order valence-electron chi connectivity index (χ2n) is 5.07. The Bertz CT molecular complexity index is 795. The first kappa shape index (κ1) is 15.5. The van der Waals surface area contributed by atoms with E-state index in [2.05, 4.69) is 32.7 Å². The highest BCUT2D eigenvalue weighted by atomic mass is 35.5. The molecule has 0 radical (unpaired) electrons. The third kappa shape index (κ3) is 3.88. The second kappa shape index (κ2) is 7.26. The fraction of sp³-hybridized carbons (Fsp3) is 0.176. The van der Waals surface area contributed by atoms with E-state index in [1.807, 2.05) is 24.3 Å². The summed E-state index contributed by atoms with van der Waals surface area (Å²) in [6, 6.07) is 13.8. The van der Waals surface area contributed by atoms with E-state index in [-0.39, 0.29) is 6.61 Å². The number of benzene rings is 1. The van der Waals surface area contributed by atoms with Crippen molar-refractivity contribution in [1.82, 2.24) is 9.97 Å². The van der Waals surface area contributed by atoms with Crippen molar-refractivity contribution in [2.24, 2.45) is 0 Å². The van der Waals surface area contributed by atoms with Gasteiger partial charge in [-0.3, -0.25) is 0 Å². The van der Waals surface area contributed by atoms with Crippen molar-refractivity contribution in [3.05, 3.63) is 59.4 Å². The Hall–Kier alpha value is -2.37. The number of hydrogen-bond donors (Lipinski definition) is 3. The highest BCUT2D eigenvalue weighted by Crippen LogP contribution is 2.26. The van der Waals surface area contributed by atoms with Crippen molar-refractivity contribution in [3.8, 4) is 0 Å². The molecule has 0 spiro atoms. The molecule has 2 heterocycles. The Morgan fingerprint density at radius 3 is 2.70 bits per heavy atom. The molecule has 0 saturated carbocycles. The van der Waals surface area contributed by atoms with Crippen LogP contribution in [0.5, 0.6) is 0 Å². The molecule has 6 heteroatoms. The van der Waals surface area contributed by atoms with Crippen LogP contribution in [0.3, 0.4) is 0 Å². The summed E-state index contributed by atoms with van der Waals surface area (Å²) in [5, 5.41) is 16.8. The first-order valence-electron chi connectivity index (χ1n) is 7.35. The monoisotopic (exact) mass is 328 g/mol. The number of aliphatic hydroxyl groups is 1. The van der Waals surface area contributed by atoms with Gasteiger partial charge in [-0.05, 0) is 5.56 Å². The third-order valence-electron chi connectivity index (χ3n) is 3.40. The maximum absolute atomic E-state index is 8.97. The molecule has 0 aliphatic rings. The number of anilines is 2. The largest absolute Gasteiger partial charge is 0.395 e. The van der Waals surface area contributed by atoms with E-state index in [1.165, 1.54) is 5.56 Å². The molecule has 0 aliphatic heterocycles. The second-order valence-corrected chi connectivity index (χ2v) is 5.46. The molecule has 0 saturated heterocycles. The first-order chi connectivity index (χ1) is 11.3. The molecule has 1 aromatic carbocycles. The van der Waals surface area contributed by atoms with Crippen LogP contribution in [0.1, 0.15) is 5.56 Å². The third-order valence-corrected chi connectivity index (χ3v) is 3.61. The number of pyridine rings is 2. The maximum Gasteiger partial charge on any atom is 0.131 e. The lowest BCUT2D eigenvalue weighted by molar-refractivity contribution is 0.311. The van der Waals surface area contributed by atoms with Gasteiger partial charge < -0.3 is 15.7 Å².